The number of carbonyl (C=O) groups is 1. The molecule has 0 atom stereocenters. The van der Waals surface area contributed by atoms with E-state index < -0.39 is 0 Å². The molecule has 2 rings (SSSR count). The van der Waals surface area contributed by atoms with Crippen LogP contribution in [0.15, 0.2) is 47.1 Å². The molecule has 0 radical (unpaired) electrons. The van der Waals surface area contributed by atoms with Crippen molar-refractivity contribution in [1.29, 1.82) is 0 Å². The Morgan fingerprint density at radius 1 is 1.35 bits per heavy atom. The number of rotatable bonds is 4. The summed E-state index contributed by atoms with van der Waals surface area (Å²) in [5.41, 5.74) is 1.43. The van der Waals surface area contributed by atoms with Crippen molar-refractivity contribution in [3.8, 4) is 0 Å². The molecule has 104 valence electrons. The summed E-state index contributed by atoms with van der Waals surface area (Å²) >= 11 is 3.36. The monoisotopic (exact) mass is 333 g/mol. The highest BCUT2D eigenvalue weighted by Crippen LogP contribution is 2.22. The minimum absolute atomic E-state index is 0.0724. The molecule has 0 saturated carbocycles. The van der Waals surface area contributed by atoms with E-state index in [4.69, 9.17) is 0 Å². The summed E-state index contributed by atoms with van der Waals surface area (Å²) in [5.74, 6) is 0.504. The Labute approximate surface area is 127 Å². The lowest BCUT2D eigenvalue weighted by molar-refractivity contribution is 0.0988. The van der Waals surface area contributed by atoms with Gasteiger partial charge in [-0.2, -0.15) is 0 Å². The minimum Gasteiger partial charge on any atom is -0.372 e. The molecule has 0 aliphatic heterocycles. The van der Waals surface area contributed by atoms with Crippen LogP contribution in [0.2, 0.25) is 0 Å². The van der Waals surface area contributed by atoms with Gasteiger partial charge in [0.05, 0.1) is 5.56 Å². The molecule has 1 aromatic heterocycles. The van der Waals surface area contributed by atoms with Crippen molar-refractivity contribution in [2.75, 3.05) is 23.8 Å². The van der Waals surface area contributed by atoms with E-state index in [-0.39, 0.29) is 5.91 Å². The Morgan fingerprint density at radius 3 is 2.65 bits per heavy atom. The van der Waals surface area contributed by atoms with E-state index in [0.717, 1.165) is 10.2 Å². The van der Waals surface area contributed by atoms with Gasteiger partial charge in [-0.05, 0) is 41.1 Å². The summed E-state index contributed by atoms with van der Waals surface area (Å²) in [5, 5.41) is 2.95. The Hall–Kier alpha value is -1.88. The molecule has 0 saturated heterocycles. The van der Waals surface area contributed by atoms with Crippen LogP contribution in [0.4, 0.5) is 11.5 Å². The third-order valence-corrected chi connectivity index (χ3v) is 3.38. The summed E-state index contributed by atoms with van der Waals surface area (Å²) in [6.45, 7) is 2.55. The van der Waals surface area contributed by atoms with Crippen LogP contribution in [0.25, 0.3) is 0 Å². The van der Waals surface area contributed by atoms with Crippen molar-refractivity contribution in [2.45, 2.75) is 6.92 Å². The maximum atomic E-state index is 12.7. The van der Waals surface area contributed by atoms with Gasteiger partial charge in [0.15, 0.2) is 0 Å². The zero-order valence-corrected chi connectivity index (χ0v) is 13.0. The highest BCUT2D eigenvalue weighted by Gasteiger charge is 2.20. The second kappa shape index (κ2) is 6.52. The molecule has 0 unspecified atom stereocenters. The first-order valence-corrected chi connectivity index (χ1v) is 7.17. The van der Waals surface area contributed by atoms with E-state index in [1.165, 1.54) is 0 Å². The molecule has 5 heteroatoms. The van der Waals surface area contributed by atoms with Crippen LogP contribution in [0.5, 0.6) is 0 Å². The second-order valence-electron chi connectivity index (χ2n) is 4.18. The van der Waals surface area contributed by atoms with Crippen molar-refractivity contribution in [3.05, 3.63) is 52.6 Å². The fraction of sp³-hybridized carbons (Fsp3) is 0.200. The SMILES string of the molecule is CCN(C(=O)c1cc(Br)cnc1NC)c1ccccc1. The topological polar surface area (TPSA) is 45.2 Å². The zero-order chi connectivity index (χ0) is 14.5. The van der Waals surface area contributed by atoms with Crippen molar-refractivity contribution >= 4 is 33.3 Å². The highest BCUT2D eigenvalue weighted by atomic mass is 79.9. The number of nitrogens with one attached hydrogen (secondary N) is 1. The van der Waals surface area contributed by atoms with Crippen LogP contribution >= 0.6 is 15.9 Å². The van der Waals surface area contributed by atoms with Crippen LogP contribution in [0.1, 0.15) is 17.3 Å². The number of hydrogen-bond acceptors (Lipinski definition) is 3. The minimum atomic E-state index is -0.0724. The third-order valence-electron chi connectivity index (χ3n) is 2.95. The van der Waals surface area contributed by atoms with E-state index in [1.54, 1.807) is 24.2 Å². The Morgan fingerprint density at radius 2 is 2.05 bits per heavy atom. The molecule has 2 aromatic rings. The van der Waals surface area contributed by atoms with Crippen LogP contribution in [-0.2, 0) is 0 Å². The number of aromatic nitrogens is 1. The van der Waals surface area contributed by atoms with E-state index >= 15 is 0 Å². The molecule has 4 nitrogen and oxygen atoms in total. The molecule has 20 heavy (non-hydrogen) atoms. The number of carbonyl (C=O) groups excluding carboxylic acids is 1. The van der Waals surface area contributed by atoms with Crippen molar-refractivity contribution in [2.24, 2.45) is 0 Å². The standard InChI is InChI=1S/C15H16BrN3O/c1-3-19(12-7-5-4-6-8-12)15(20)13-9-11(16)10-18-14(13)17-2/h4-10H,3H2,1-2H3,(H,17,18). The number of hydrogen-bond donors (Lipinski definition) is 1. The van der Waals surface area contributed by atoms with Gasteiger partial charge in [-0.15, -0.1) is 0 Å². The van der Waals surface area contributed by atoms with Gasteiger partial charge in [0, 0.05) is 29.9 Å². The lowest BCUT2D eigenvalue weighted by Gasteiger charge is -2.22. The van der Waals surface area contributed by atoms with Gasteiger partial charge in [-0.3, -0.25) is 4.79 Å². The van der Waals surface area contributed by atoms with E-state index in [1.807, 2.05) is 37.3 Å². The molecule has 0 spiro atoms. The average molecular weight is 334 g/mol. The van der Waals surface area contributed by atoms with Crippen molar-refractivity contribution in [1.82, 2.24) is 4.98 Å². The molecule has 1 heterocycles. The fourth-order valence-corrected chi connectivity index (χ4v) is 2.33. The molecular formula is C15H16BrN3O. The van der Waals surface area contributed by atoms with Crippen LogP contribution < -0.4 is 10.2 Å². The molecule has 0 aliphatic rings. The Balaban J connectivity index is 2.41. The number of halogens is 1. The lowest BCUT2D eigenvalue weighted by atomic mass is 10.2. The normalized spacial score (nSPS) is 10.2. The second-order valence-corrected chi connectivity index (χ2v) is 5.10. The smallest absolute Gasteiger partial charge is 0.262 e. The average Bonchev–Trinajstić information content (AvgIpc) is 2.49. The molecule has 1 aromatic carbocycles. The van der Waals surface area contributed by atoms with Crippen molar-refractivity contribution in [3.63, 3.8) is 0 Å². The number of para-hydroxylation sites is 1. The van der Waals surface area contributed by atoms with Crippen LogP contribution in [0.3, 0.4) is 0 Å². The van der Waals surface area contributed by atoms with Gasteiger partial charge in [0.1, 0.15) is 5.82 Å². The maximum Gasteiger partial charge on any atom is 0.262 e. The Kier molecular flexibility index (Phi) is 4.74. The summed E-state index contributed by atoms with van der Waals surface area (Å²) in [4.78, 5) is 18.7. The van der Waals surface area contributed by atoms with Crippen LogP contribution in [0, 0.1) is 0 Å². The molecule has 1 amide bonds. The van der Waals surface area contributed by atoms with E-state index in [9.17, 15) is 4.79 Å². The van der Waals surface area contributed by atoms with E-state index in [0.29, 0.717) is 17.9 Å². The van der Waals surface area contributed by atoms with Crippen LogP contribution in [-0.4, -0.2) is 24.5 Å². The summed E-state index contributed by atoms with van der Waals surface area (Å²) in [7, 11) is 1.76. The number of nitrogens with zero attached hydrogens (tertiary/aromatic N) is 2. The van der Waals surface area contributed by atoms with Gasteiger partial charge >= 0.3 is 0 Å². The summed E-state index contributed by atoms with van der Waals surface area (Å²) < 4.78 is 0.781. The van der Waals surface area contributed by atoms with Gasteiger partial charge < -0.3 is 10.2 Å². The van der Waals surface area contributed by atoms with Gasteiger partial charge in [0.25, 0.3) is 5.91 Å². The predicted octanol–water partition coefficient (Wildman–Crippen LogP) is 3.55. The number of anilines is 2. The van der Waals surface area contributed by atoms with Gasteiger partial charge in [0.2, 0.25) is 0 Å². The molecule has 0 aliphatic carbocycles. The number of benzene rings is 1. The predicted molar refractivity (Wildman–Crippen MR) is 85.3 cm³/mol. The van der Waals surface area contributed by atoms with Crippen molar-refractivity contribution < 1.29 is 4.79 Å². The fourth-order valence-electron chi connectivity index (χ4n) is 2.00. The first kappa shape index (κ1) is 14.5. The first-order chi connectivity index (χ1) is 9.67. The van der Waals surface area contributed by atoms with Gasteiger partial charge in [-0.1, -0.05) is 18.2 Å². The number of pyridine rings is 1. The van der Waals surface area contributed by atoms with Gasteiger partial charge in [-0.25, -0.2) is 4.98 Å². The molecular weight excluding hydrogens is 318 g/mol. The summed E-state index contributed by atoms with van der Waals surface area (Å²) in [6, 6.07) is 11.4. The highest BCUT2D eigenvalue weighted by molar-refractivity contribution is 9.10. The maximum absolute atomic E-state index is 12.7. The Bertz CT molecular complexity index is 601. The lowest BCUT2D eigenvalue weighted by Crippen LogP contribution is -2.31. The quantitative estimate of drug-likeness (QED) is 0.930. The molecule has 0 fully saturated rings. The number of amides is 1. The third kappa shape index (κ3) is 2.99. The van der Waals surface area contributed by atoms with E-state index in [2.05, 4.69) is 26.2 Å². The zero-order valence-electron chi connectivity index (χ0n) is 11.4. The molecule has 1 N–H and O–H groups in total. The largest absolute Gasteiger partial charge is 0.372 e. The first-order valence-electron chi connectivity index (χ1n) is 6.37. The summed E-state index contributed by atoms with van der Waals surface area (Å²) in [6.07, 6.45) is 1.67. The molecule has 0 bridgehead atoms.